The van der Waals surface area contributed by atoms with Gasteiger partial charge in [0.1, 0.15) is 5.00 Å². The van der Waals surface area contributed by atoms with Crippen LogP contribution in [0.3, 0.4) is 0 Å². The van der Waals surface area contributed by atoms with Crippen LogP contribution in [0.4, 0.5) is 0 Å². The highest BCUT2D eigenvalue weighted by atomic mass is 35.5. The van der Waals surface area contributed by atoms with Gasteiger partial charge >= 0.3 is 5.97 Å². The molecular formula is C12H14ClNO3. The zero-order chi connectivity index (χ0) is 12.6. The monoisotopic (exact) mass is 255 g/mol. The van der Waals surface area contributed by atoms with Gasteiger partial charge in [-0.15, -0.1) is 0 Å². The lowest BCUT2D eigenvalue weighted by Gasteiger charge is -2.21. The SMILES string of the molecule is Cc1ccc(C2(Cl)CC(C)ON2)cc1C(=O)O. The number of alkyl halides is 1. The number of hydrogen-bond donors (Lipinski definition) is 2. The van der Waals surface area contributed by atoms with Gasteiger partial charge < -0.3 is 5.11 Å². The van der Waals surface area contributed by atoms with E-state index in [0.717, 1.165) is 0 Å². The van der Waals surface area contributed by atoms with Crippen molar-refractivity contribution in [1.82, 2.24) is 5.48 Å². The Labute approximate surface area is 104 Å². The highest BCUT2D eigenvalue weighted by molar-refractivity contribution is 6.23. The van der Waals surface area contributed by atoms with E-state index in [2.05, 4.69) is 5.48 Å². The number of carboxylic acids is 1. The van der Waals surface area contributed by atoms with Crippen LogP contribution in [0, 0.1) is 6.92 Å². The summed E-state index contributed by atoms with van der Waals surface area (Å²) in [5.41, 5.74) is 4.46. The smallest absolute Gasteiger partial charge is 0.335 e. The highest BCUT2D eigenvalue weighted by Crippen LogP contribution is 2.36. The minimum Gasteiger partial charge on any atom is -0.478 e. The van der Waals surface area contributed by atoms with E-state index in [1.165, 1.54) is 0 Å². The second-order valence-electron chi connectivity index (χ2n) is 4.37. The van der Waals surface area contributed by atoms with E-state index in [4.69, 9.17) is 21.5 Å². The molecule has 1 fully saturated rings. The second-order valence-corrected chi connectivity index (χ2v) is 5.02. The number of aryl methyl sites for hydroxylation is 1. The van der Waals surface area contributed by atoms with Crippen molar-refractivity contribution in [3.63, 3.8) is 0 Å². The first-order chi connectivity index (χ1) is 7.92. The fourth-order valence-electron chi connectivity index (χ4n) is 1.95. The van der Waals surface area contributed by atoms with Crippen molar-refractivity contribution < 1.29 is 14.7 Å². The predicted molar refractivity (Wildman–Crippen MR) is 64.0 cm³/mol. The number of benzene rings is 1. The van der Waals surface area contributed by atoms with Gasteiger partial charge in [-0.3, -0.25) is 4.84 Å². The van der Waals surface area contributed by atoms with Gasteiger partial charge in [0.15, 0.2) is 0 Å². The fourth-order valence-corrected chi connectivity index (χ4v) is 2.33. The Morgan fingerprint density at radius 2 is 2.35 bits per heavy atom. The van der Waals surface area contributed by atoms with Crippen LogP contribution in [0.2, 0.25) is 0 Å². The number of carboxylic acid groups (broad SMARTS) is 1. The quantitative estimate of drug-likeness (QED) is 0.629. The van der Waals surface area contributed by atoms with E-state index in [1.54, 1.807) is 19.1 Å². The van der Waals surface area contributed by atoms with Crippen LogP contribution in [0.1, 0.15) is 34.8 Å². The zero-order valence-corrected chi connectivity index (χ0v) is 10.4. The Kier molecular flexibility index (Phi) is 3.12. The molecule has 0 aliphatic carbocycles. The maximum atomic E-state index is 11.1. The molecule has 5 heteroatoms. The number of aromatic carboxylic acids is 1. The maximum absolute atomic E-state index is 11.1. The Morgan fingerprint density at radius 3 is 2.88 bits per heavy atom. The van der Waals surface area contributed by atoms with Crippen molar-refractivity contribution in [3.8, 4) is 0 Å². The molecule has 1 heterocycles. The summed E-state index contributed by atoms with van der Waals surface area (Å²) in [6.45, 7) is 3.67. The summed E-state index contributed by atoms with van der Waals surface area (Å²) in [6.07, 6.45) is 0.596. The first-order valence-corrected chi connectivity index (χ1v) is 5.76. The molecule has 2 atom stereocenters. The van der Waals surface area contributed by atoms with Crippen LogP contribution in [0.25, 0.3) is 0 Å². The summed E-state index contributed by atoms with van der Waals surface area (Å²) in [7, 11) is 0. The van der Waals surface area contributed by atoms with E-state index >= 15 is 0 Å². The molecule has 0 bridgehead atoms. The molecular weight excluding hydrogens is 242 g/mol. The topological polar surface area (TPSA) is 58.6 Å². The van der Waals surface area contributed by atoms with Gasteiger partial charge in [-0.2, -0.15) is 5.48 Å². The summed E-state index contributed by atoms with van der Waals surface area (Å²) in [5.74, 6) is -0.948. The first kappa shape index (κ1) is 12.4. The normalized spacial score (nSPS) is 28.3. The molecule has 17 heavy (non-hydrogen) atoms. The van der Waals surface area contributed by atoms with Gasteiger partial charge in [-0.05, 0) is 31.0 Å². The minimum absolute atomic E-state index is 0.00193. The Bertz CT molecular complexity index is 463. The molecule has 1 aromatic carbocycles. The second kappa shape index (κ2) is 4.29. The van der Waals surface area contributed by atoms with Gasteiger partial charge in [-0.1, -0.05) is 23.7 Å². The molecule has 1 aliphatic heterocycles. The molecule has 92 valence electrons. The summed E-state index contributed by atoms with van der Waals surface area (Å²) in [5, 5.41) is 9.07. The molecule has 4 nitrogen and oxygen atoms in total. The summed E-state index contributed by atoms with van der Waals surface area (Å²) >= 11 is 6.39. The molecule has 0 spiro atoms. The number of hydrogen-bond acceptors (Lipinski definition) is 3. The summed E-state index contributed by atoms with van der Waals surface area (Å²) < 4.78 is 0. The van der Waals surface area contributed by atoms with Crippen molar-refractivity contribution in [3.05, 3.63) is 34.9 Å². The average Bonchev–Trinajstić information content (AvgIpc) is 2.60. The van der Waals surface area contributed by atoms with Crippen LogP contribution in [0.5, 0.6) is 0 Å². The number of hydroxylamine groups is 1. The van der Waals surface area contributed by atoms with E-state index in [-0.39, 0.29) is 11.7 Å². The van der Waals surface area contributed by atoms with Crippen LogP contribution in [-0.4, -0.2) is 17.2 Å². The van der Waals surface area contributed by atoms with Crippen molar-refractivity contribution in [2.24, 2.45) is 0 Å². The lowest BCUT2D eigenvalue weighted by atomic mass is 9.97. The average molecular weight is 256 g/mol. The Balaban J connectivity index is 2.40. The number of halogens is 1. The molecule has 2 N–H and O–H groups in total. The van der Waals surface area contributed by atoms with Crippen LogP contribution in [-0.2, 0) is 9.84 Å². The van der Waals surface area contributed by atoms with Crippen molar-refractivity contribution in [2.45, 2.75) is 31.4 Å². The van der Waals surface area contributed by atoms with Crippen molar-refractivity contribution in [1.29, 1.82) is 0 Å². The molecule has 1 saturated heterocycles. The van der Waals surface area contributed by atoms with E-state index < -0.39 is 11.0 Å². The number of rotatable bonds is 2. The van der Waals surface area contributed by atoms with Crippen LogP contribution >= 0.6 is 11.6 Å². The molecule has 2 unspecified atom stereocenters. The minimum atomic E-state index is -0.948. The maximum Gasteiger partial charge on any atom is 0.335 e. The van der Waals surface area contributed by atoms with Gasteiger partial charge in [0.25, 0.3) is 0 Å². The van der Waals surface area contributed by atoms with Crippen LogP contribution in [0.15, 0.2) is 18.2 Å². The summed E-state index contributed by atoms with van der Waals surface area (Å²) in [6, 6.07) is 5.18. The molecule has 0 saturated carbocycles. The highest BCUT2D eigenvalue weighted by Gasteiger charge is 2.38. The fraction of sp³-hybridized carbons (Fsp3) is 0.417. The first-order valence-electron chi connectivity index (χ1n) is 5.38. The molecule has 0 radical (unpaired) electrons. The predicted octanol–water partition coefficient (Wildman–Crippen LogP) is 2.40. The summed E-state index contributed by atoms with van der Waals surface area (Å²) in [4.78, 5) is 15.5. The number of nitrogens with one attached hydrogen (secondary N) is 1. The van der Waals surface area contributed by atoms with Crippen molar-refractivity contribution >= 4 is 17.6 Å². The van der Waals surface area contributed by atoms with Gasteiger partial charge in [-0.25, -0.2) is 4.79 Å². The standard InChI is InChI=1S/C12H14ClNO3/c1-7-3-4-9(5-10(7)11(15)16)12(13)6-8(2)17-14-12/h3-5,8,14H,6H2,1-2H3,(H,15,16). The van der Waals surface area contributed by atoms with Gasteiger partial charge in [0.2, 0.25) is 0 Å². The molecule has 0 amide bonds. The van der Waals surface area contributed by atoms with Crippen LogP contribution < -0.4 is 5.48 Å². The zero-order valence-electron chi connectivity index (χ0n) is 9.66. The third-order valence-corrected chi connectivity index (χ3v) is 3.37. The molecule has 1 aromatic rings. The van der Waals surface area contributed by atoms with Crippen molar-refractivity contribution in [2.75, 3.05) is 0 Å². The van der Waals surface area contributed by atoms with E-state index in [0.29, 0.717) is 17.5 Å². The van der Waals surface area contributed by atoms with E-state index in [1.807, 2.05) is 13.0 Å². The van der Waals surface area contributed by atoms with Gasteiger partial charge in [0.05, 0.1) is 11.7 Å². The molecule has 1 aliphatic rings. The van der Waals surface area contributed by atoms with E-state index in [9.17, 15) is 4.79 Å². The lowest BCUT2D eigenvalue weighted by Crippen LogP contribution is -2.29. The number of carbonyl (C=O) groups is 1. The molecule has 2 rings (SSSR count). The Morgan fingerprint density at radius 1 is 1.65 bits per heavy atom. The third kappa shape index (κ3) is 2.29. The third-order valence-electron chi connectivity index (χ3n) is 2.92. The molecule has 0 aromatic heterocycles. The Hall–Kier alpha value is -1.10. The van der Waals surface area contributed by atoms with Gasteiger partial charge in [0, 0.05) is 6.42 Å². The lowest BCUT2D eigenvalue weighted by molar-refractivity contribution is 0.0313. The largest absolute Gasteiger partial charge is 0.478 e.